The number of carbonyl (C=O) groups is 1. The number of hydrogen-bond acceptors (Lipinski definition) is 7. The monoisotopic (exact) mass is 557 g/mol. The van der Waals surface area contributed by atoms with Gasteiger partial charge in [0, 0.05) is 28.5 Å². The Morgan fingerprint density at radius 3 is 2.59 bits per heavy atom. The van der Waals surface area contributed by atoms with Gasteiger partial charge in [-0.05, 0) is 55.0 Å². The molecule has 4 aromatic rings. The van der Waals surface area contributed by atoms with Gasteiger partial charge < -0.3 is 10.1 Å². The van der Waals surface area contributed by atoms with Gasteiger partial charge >= 0.3 is 0 Å². The highest BCUT2D eigenvalue weighted by Crippen LogP contribution is 2.33. The first-order valence-electron chi connectivity index (χ1n) is 11.0. The number of hydrogen-bond donors (Lipinski definition) is 1. The Balaban J connectivity index is 1.64. The highest BCUT2D eigenvalue weighted by Gasteiger charge is 2.23. The average molecular weight is 558 g/mol. The second kappa shape index (κ2) is 11.6. The van der Waals surface area contributed by atoms with Crippen LogP contribution in [0.25, 0.3) is 5.69 Å². The summed E-state index contributed by atoms with van der Waals surface area (Å²) < 4.78 is 7.07. The van der Waals surface area contributed by atoms with E-state index in [2.05, 4.69) is 15.5 Å². The minimum atomic E-state index is -0.587. The van der Waals surface area contributed by atoms with Gasteiger partial charge in [-0.1, -0.05) is 47.1 Å². The summed E-state index contributed by atoms with van der Waals surface area (Å²) in [5, 5.41) is 24.0. The molecule has 0 aliphatic carbocycles. The number of nitrogens with one attached hydrogen (secondary N) is 1. The molecule has 9 nitrogen and oxygen atoms in total. The lowest BCUT2D eigenvalue weighted by atomic mass is 10.2. The number of methoxy groups -OCH3 is 1. The molecule has 0 spiro atoms. The molecule has 1 heterocycles. The number of benzene rings is 3. The highest BCUT2D eigenvalue weighted by molar-refractivity contribution is 7.98. The Morgan fingerprint density at radius 1 is 1.14 bits per heavy atom. The minimum Gasteiger partial charge on any atom is -0.497 e. The first-order valence-corrected chi connectivity index (χ1v) is 12.7. The molecule has 0 saturated carbocycles. The van der Waals surface area contributed by atoms with Gasteiger partial charge in [0.2, 0.25) is 0 Å². The van der Waals surface area contributed by atoms with E-state index < -0.39 is 16.9 Å². The molecule has 0 aliphatic heterocycles. The van der Waals surface area contributed by atoms with Gasteiger partial charge in [-0.3, -0.25) is 19.5 Å². The van der Waals surface area contributed by atoms with Crippen LogP contribution < -0.4 is 10.1 Å². The predicted molar refractivity (Wildman–Crippen MR) is 143 cm³/mol. The fourth-order valence-corrected chi connectivity index (χ4v) is 4.79. The van der Waals surface area contributed by atoms with Gasteiger partial charge in [-0.25, -0.2) is 0 Å². The number of halogens is 2. The fourth-order valence-electron chi connectivity index (χ4n) is 3.53. The van der Waals surface area contributed by atoms with Crippen molar-refractivity contribution in [2.24, 2.45) is 0 Å². The Hall–Kier alpha value is -3.60. The molecular formula is C25H21Cl2N5O4S. The Kier molecular flexibility index (Phi) is 8.32. The van der Waals surface area contributed by atoms with E-state index in [1.54, 1.807) is 36.8 Å². The van der Waals surface area contributed by atoms with Crippen molar-refractivity contribution in [1.82, 2.24) is 20.1 Å². The predicted octanol–water partition coefficient (Wildman–Crippen LogP) is 6.27. The summed E-state index contributed by atoms with van der Waals surface area (Å²) in [6.07, 6.45) is 0. The molecule has 12 heteroatoms. The zero-order valence-corrected chi connectivity index (χ0v) is 22.0. The normalized spacial score (nSPS) is 11.7. The van der Waals surface area contributed by atoms with E-state index in [9.17, 15) is 14.9 Å². The van der Waals surface area contributed by atoms with Crippen LogP contribution in [0.4, 0.5) is 5.69 Å². The van der Waals surface area contributed by atoms with E-state index >= 15 is 0 Å². The van der Waals surface area contributed by atoms with Crippen LogP contribution in [0.3, 0.4) is 0 Å². The van der Waals surface area contributed by atoms with Gasteiger partial charge in [0.25, 0.3) is 11.6 Å². The maximum absolute atomic E-state index is 12.9. The molecule has 0 radical (unpaired) electrons. The maximum atomic E-state index is 12.9. The molecule has 37 heavy (non-hydrogen) atoms. The summed E-state index contributed by atoms with van der Waals surface area (Å²) in [5.74, 6) is 1.35. The van der Waals surface area contributed by atoms with Crippen molar-refractivity contribution in [3.8, 4) is 11.4 Å². The summed E-state index contributed by atoms with van der Waals surface area (Å²) >= 11 is 14.2. The van der Waals surface area contributed by atoms with E-state index in [0.717, 1.165) is 11.3 Å². The third-order valence-corrected chi connectivity index (χ3v) is 6.94. The minimum absolute atomic E-state index is 0.0994. The van der Waals surface area contributed by atoms with Crippen LogP contribution in [0.2, 0.25) is 10.0 Å². The third kappa shape index (κ3) is 6.22. The van der Waals surface area contributed by atoms with Gasteiger partial charge in [0.15, 0.2) is 11.0 Å². The van der Waals surface area contributed by atoms with Crippen LogP contribution in [0, 0.1) is 10.1 Å². The SMILES string of the molecule is COc1cccc(CSc2nnc(C(C)NC(=O)c3ccc([N+](=O)[O-])cc3)n2-c2cc(Cl)ccc2Cl)c1. The number of nitro benzene ring substituents is 1. The third-order valence-electron chi connectivity index (χ3n) is 5.38. The molecule has 4 rings (SSSR count). The first-order chi connectivity index (χ1) is 17.8. The number of amides is 1. The van der Waals surface area contributed by atoms with Crippen molar-refractivity contribution in [2.75, 3.05) is 7.11 Å². The molecule has 0 saturated heterocycles. The standard InChI is InChI=1S/C25H21Cl2N5O4S/c1-15(28-24(33)17-6-9-19(10-7-17)32(34)35)23-29-30-25(31(23)22-13-18(26)8-11-21(22)27)37-14-16-4-3-5-20(12-16)36-2/h3-13,15H,14H2,1-2H3,(H,28,33). The number of nitrogens with zero attached hydrogens (tertiary/aromatic N) is 4. The zero-order valence-electron chi connectivity index (χ0n) is 19.7. The summed E-state index contributed by atoms with van der Waals surface area (Å²) in [6, 6.07) is 17.5. The number of ether oxygens (including phenoxy) is 1. The van der Waals surface area contributed by atoms with Crippen molar-refractivity contribution in [3.63, 3.8) is 0 Å². The molecule has 190 valence electrons. The molecular weight excluding hydrogens is 537 g/mol. The lowest BCUT2D eigenvalue weighted by molar-refractivity contribution is -0.384. The molecule has 0 fully saturated rings. The topological polar surface area (TPSA) is 112 Å². The van der Waals surface area contributed by atoms with E-state index in [-0.39, 0.29) is 11.3 Å². The second-order valence-corrected chi connectivity index (χ2v) is 9.70. The maximum Gasteiger partial charge on any atom is 0.269 e. The molecule has 1 unspecified atom stereocenters. The zero-order chi connectivity index (χ0) is 26.5. The summed E-state index contributed by atoms with van der Waals surface area (Å²) in [7, 11) is 1.61. The van der Waals surface area contributed by atoms with Crippen LogP contribution in [-0.2, 0) is 5.75 Å². The van der Waals surface area contributed by atoms with E-state index in [1.165, 1.54) is 36.0 Å². The number of aromatic nitrogens is 3. The van der Waals surface area contributed by atoms with Crippen molar-refractivity contribution >= 4 is 46.6 Å². The quantitative estimate of drug-likeness (QED) is 0.146. The summed E-state index contributed by atoms with van der Waals surface area (Å²) in [6.45, 7) is 1.76. The van der Waals surface area contributed by atoms with E-state index in [1.807, 2.05) is 24.3 Å². The van der Waals surface area contributed by atoms with Crippen molar-refractivity contribution < 1.29 is 14.5 Å². The number of carbonyl (C=O) groups excluding carboxylic acids is 1. The van der Waals surface area contributed by atoms with Gasteiger partial charge in [-0.2, -0.15) is 0 Å². The highest BCUT2D eigenvalue weighted by atomic mass is 35.5. The molecule has 0 bridgehead atoms. The lowest BCUT2D eigenvalue weighted by Gasteiger charge is -2.17. The van der Waals surface area contributed by atoms with E-state index in [4.69, 9.17) is 27.9 Å². The smallest absolute Gasteiger partial charge is 0.269 e. The van der Waals surface area contributed by atoms with Gasteiger partial charge in [0.05, 0.1) is 28.8 Å². The second-order valence-electron chi connectivity index (χ2n) is 7.91. The van der Waals surface area contributed by atoms with Crippen LogP contribution in [0.5, 0.6) is 5.75 Å². The first kappa shape index (κ1) is 26.5. The number of rotatable bonds is 9. The lowest BCUT2D eigenvalue weighted by Crippen LogP contribution is -2.28. The van der Waals surface area contributed by atoms with Crippen molar-refractivity contribution in [2.45, 2.75) is 23.9 Å². The molecule has 1 aromatic heterocycles. The summed E-state index contributed by atoms with van der Waals surface area (Å²) in [4.78, 5) is 23.2. The van der Waals surface area contributed by atoms with Crippen LogP contribution in [0.1, 0.15) is 34.7 Å². The number of nitro groups is 1. The summed E-state index contributed by atoms with van der Waals surface area (Å²) in [5.41, 5.74) is 1.77. The van der Waals surface area contributed by atoms with Gasteiger partial charge in [-0.15, -0.1) is 10.2 Å². The largest absolute Gasteiger partial charge is 0.497 e. The molecule has 3 aromatic carbocycles. The molecule has 1 atom stereocenters. The number of non-ortho nitro benzene ring substituents is 1. The van der Waals surface area contributed by atoms with E-state index in [0.29, 0.717) is 32.5 Å². The fraction of sp³-hybridized carbons (Fsp3) is 0.160. The Bertz CT molecular complexity index is 1450. The average Bonchev–Trinajstić information content (AvgIpc) is 3.33. The Labute approximate surface area is 226 Å². The van der Waals surface area contributed by atoms with Crippen molar-refractivity contribution in [3.05, 3.63) is 104 Å². The van der Waals surface area contributed by atoms with Crippen LogP contribution in [0.15, 0.2) is 71.9 Å². The molecule has 1 amide bonds. The Morgan fingerprint density at radius 2 is 1.89 bits per heavy atom. The van der Waals surface area contributed by atoms with Gasteiger partial charge in [0.1, 0.15) is 5.75 Å². The van der Waals surface area contributed by atoms with Crippen LogP contribution >= 0.6 is 35.0 Å². The molecule has 1 N–H and O–H groups in total. The van der Waals surface area contributed by atoms with Crippen LogP contribution in [-0.4, -0.2) is 32.7 Å². The molecule has 0 aliphatic rings. The number of thioether (sulfide) groups is 1. The van der Waals surface area contributed by atoms with Crippen molar-refractivity contribution in [1.29, 1.82) is 0 Å².